The van der Waals surface area contributed by atoms with E-state index in [0.29, 0.717) is 12.7 Å². The predicted molar refractivity (Wildman–Crippen MR) is 77.2 cm³/mol. The van der Waals surface area contributed by atoms with E-state index in [1.165, 1.54) is 18.9 Å². The smallest absolute Gasteiger partial charge is 0.328 e. The second-order valence-electron chi connectivity index (χ2n) is 5.17. The normalized spacial score (nSPS) is 23.8. The second-order valence-corrected chi connectivity index (χ2v) is 6.37. The molecule has 1 fully saturated rings. The van der Waals surface area contributed by atoms with Gasteiger partial charge in [0.25, 0.3) is 0 Å². The van der Waals surface area contributed by atoms with Crippen LogP contribution in [0.2, 0.25) is 0 Å². The summed E-state index contributed by atoms with van der Waals surface area (Å²) in [6.45, 7) is 2.95. The third-order valence-electron chi connectivity index (χ3n) is 3.50. The van der Waals surface area contributed by atoms with Gasteiger partial charge in [0.15, 0.2) is 0 Å². The van der Waals surface area contributed by atoms with Crippen molar-refractivity contribution in [1.29, 1.82) is 0 Å². The number of hydrogen-bond donors (Lipinski definition) is 1. The van der Waals surface area contributed by atoms with Crippen molar-refractivity contribution in [2.24, 2.45) is 5.92 Å². The average Bonchev–Trinajstić information content (AvgIpc) is 2.84. The Hall–Kier alpha value is -1.13. The monoisotopic (exact) mass is 280 g/mol. The molecule has 0 radical (unpaired) electrons. The molecular formula is C15H20O3S. The first-order valence-electron chi connectivity index (χ1n) is 6.75. The minimum Gasteiger partial charge on any atom is -0.478 e. The minimum absolute atomic E-state index is 0.399. The highest BCUT2D eigenvalue weighted by Crippen LogP contribution is 2.27. The van der Waals surface area contributed by atoms with Gasteiger partial charge in [0, 0.05) is 15.8 Å². The topological polar surface area (TPSA) is 46.5 Å². The van der Waals surface area contributed by atoms with E-state index in [0.717, 1.165) is 28.5 Å². The molecule has 4 heteroatoms. The molecule has 0 aliphatic heterocycles. The van der Waals surface area contributed by atoms with Crippen LogP contribution in [-0.4, -0.2) is 17.2 Å². The van der Waals surface area contributed by atoms with Gasteiger partial charge < -0.3 is 9.84 Å². The van der Waals surface area contributed by atoms with Crippen LogP contribution < -0.4 is 0 Å². The van der Waals surface area contributed by atoms with Crippen LogP contribution in [0.3, 0.4) is 0 Å². The van der Waals surface area contributed by atoms with Crippen molar-refractivity contribution in [2.45, 2.75) is 45.3 Å². The van der Waals surface area contributed by atoms with Crippen LogP contribution in [-0.2, 0) is 16.1 Å². The fourth-order valence-electron chi connectivity index (χ4n) is 2.31. The Balaban J connectivity index is 1.78. The van der Waals surface area contributed by atoms with Crippen molar-refractivity contribution in [2.75, 3.05) is 0 Å². The van der Waals surface area contributed by atoms with Gasteiger partial charge in [-0.05, 0) is 49.8 Å². The number of rotatable bonds is 5. The zero-order chi connectivity index (χ0) is 13.7. The molecule has 0 saturated heterocycles. The van der Waals surface area contributed by atoms with Crippen LogP contribution in [0.25, 0.3) is 6.08 Å². The van der Waals surface area contributed by atoms with E-state index in [-0.39, 0.29) is 0 Å². The summed E-state index contributed by atoms with van der Waals surface area (Å²) in [5, 5.41) is 8.57. The van der Waals surface area contributed by atoms with Gasteiger partial charge in [0.1, 0.15) is 0 Å². The van der Waals surface area contributed by atoms with Crippen LogP contribution in [0.5, 0.6) is 0 Å². The standard InChI is InChI=1S/C15H20O3S/c1-11-2-4-12(5-3-11)18-10-14-7-6-13(19-14)8-9-15(16)17/h6-9,11-12H,2-5,10H2,1H3,(H,16,17). The Morgan fingerprint density at radius 3 is 2.84 bits per heavy atom. The van der Waals surface area contributed by atoms with Crippen LogP contribution in [0, 0.1) is 5.92 Å². The second kappa shape index (κ2) is 6.87. The van der Waals surface area contributed by atoms with E-state index in [9.17, 15) is 4.79 Å². The molecule has 0 spiro atoms. The number of carboxylic acid groups (broad SMARTS) is 1. The summed E-state index contributed by atoms with van der Waals surface area (Å²) in [4.78, 5) is 12.5. The van der Waals surface area contributed by atoms with Crippen molar-refractivity contribution >= 4 is 23.4 Å². The Morgan fingerprint density at radius 2 is 2.16 bits per heavy atom. The van der Waals surface area contributed by atoms with Gasteiger partial charge >= 0.3 is 5.97 Å². The SMILES string of the molecule is CC1CCC(OCc2ccc(C=CC(=O)O)s2)CC1. The van der Waals surface area contributed by atoms with E-state index < -0.39 is 5.97 Å². The van der Waals surface area contributed by atoms with Crippen molar-refractivity contribution < 1.29 is 14.6 Å². The lowest BCUT2D eigenvalue weighted by atomic mass is 9.89. The molecule has 0 amide bonds. The Kier molecular flexibility index (Phi) is 5.16. The van der Waals surface area contributed by atoms with E-state index in [1.807, 2.05) is 12.1 Å². The molecule has 3 nitrogen and oxygen atoms in total. The molecule has 2 rings (SSSR count). The molecule has 0 bridgehead atoms. The highest BCUT2D eigenvalue weighted by atomic mass is 32.1. The summed E-state index contributed by atoms with van der Waals surface area (Å²) in [6, 6.07) is 3.95. The molecule has 1 aromatic heterocycles. The summed E-state index contributed by atoms with van der Waals surface area (Å²) < 4.78 is 5.93. The van der Waals surface area contributed by atoms with Gasteiger partial charge in [-0.15, -0.1) is 11.3 Å². The Labute approximate surface area is 117 Å². The lowest BCUT2D eigenvalue weighted by molar-refractivity contribution is -0.131. The molecule has 1 N–H and O–H groups in total. The molecular weight excluding hydrogens is 260 g/mol. The van der Waals surface area contributed by atoms with Gasteiger partial charge in [-0.1, -0.05) is 6.92 Å². The molecule has 1 aromatic rings. The molecule has 0 unspecified atom stereocenters. The first-order valence-corrected chi connectivity index (χ1v) is 7.56. The van der Waals surface area contributed by atoms with Crippen LogP contribution in [0.15, 0.2) is 18.2 Å². The largest absolute Gasteiger partial charge is 0.478 e. The van der Waals surface area contributed by atoms with Crippen molar-refractivity contribution in [3.63, 3.8) is 0 Å². The Bertz CT molecular complexity index is 442. The van der Waals surface area contributed by atoms with E-state index in [4.69, 9.17) is 9.84 Å². The van der Waals surface area contributed by atoms with Gasteiger partial charge in [-0.2, -0.15) is 0 Å². The van der Waals surface area contributed by atoms with Crippen LogP contribution >= 0.6 is 11.3 Å². The van der Waals surface area contributed by atoms with Gasteiger partial charge in [0.05, 0.1) is 12.7 Å². The molecule has 0 aromatic carbocycles. The highest BCUT2D eigenvalue weighted by molar-refractivity contribution is 7.12. The van der Waals surface area contributed by atoms with E-state index in [1.54, 1.807) is 17.4 Å². The molecule has 104 valence electrons. The third kappa shape index (κ3) is 4.80. The summed E-state index contributed by atoms with van der Waals surface area (Å²) in [5.74, 6) is -0.0723. The van der Waals surface area contributed by atoms with Crippen LogP contribution in [0.1, 0.15) is 42.4 Å². The van der Waals surface area contributed by atoms with E-state index >= 15 is 0 Å². The number of hydrogen-bond acceptors (Lipinski definition) is 3. The number of thiophene rings is 1. The number of ether oxygens (including phenoxy) is 1. The molecule has 0 atom stereocenters. The summed E-state index contributed by atoms with van der Waals surface area (Å²) >= 11 is 1.59. The van der Waals surface area contributed by atoms with Gasteiger partial charge in [-0.25, -0.2) is 4.79 Å². The number of carbonyl (C=O) groups is 1. The summed E-state index contributed by atoms with van der Waals surface area (Å²) in [5.41, 5.74) is 0. The van der Waals surface area contributed by atoms with Gasteiger partial charge in [-0.3, -0.25) is 0 Å². The van der Waals surface area contributed by atoms with Gasteiger partial charge in [0.2, 0.25) is 0 Å². The zero-order valence-corrected chi connectivity index (χ0v) is 12.0. The quantitative estimate of drug-likeness (QED) is 0.831. The lowest BCUT2D eigenvalue weighted by Crippen LogP contribution is -2.19. The first kappa shape index (κ1) is 14.3. The number of carboxylic acids is 1. The predicted octanol–water partition coefficient (Wildman–Crippen LogP) is 3.94. The van der Waals surface area contributed by atoms with E-state index in [2.05, 4.69) is 6.92 Å². The fraction of sp³-hybridized carbons (Fsp3) is 0.533. The van der Waals surface area contributed by atoms with Crippen molar-refractivity contribution in [3.05, 3.63) is 28.0 Å². The van der Waals surface area contributed by atoms with Crippen molar-refractivity contribution in [3.8, 4) is 0 Å². The minimum atomic E-state index is -0.914. The van der Waals surface area contributed by atoms with Crippen molar-refractivity contribution in [1.82, 2.24) is 0 Å². The highest BCUT2D eigenvalue weighted by Gasteiger charge is 2.18. The fourth-order valence-corrected chi connectivity index (χ4v) is 3.15. The summed E-state index contributed by atoms with van der Waals surface area (Å²) in [7, 11) is 0. The zero-order valence-electron chi connectivity index (χ0n) is 11.2. The van der Waals surface area contributed by atoms with Crippen LogP contribution in [0.4, 0.5) is 0 Å². The Morgan fingerprint density at radius 1 is 1.42 bits per heavy atom. The molecule has 1 saturated carbocycles. The first-order chi connectivity index (χ1) is 9.13. The molecule has 1 aliphatic rings. The third-order valence-corrected chi connectivity index (χ3v) is 4.52. The average molecular weight is 280 g/mol. The molecule has 1 heterocycles. The molecule has 19 heavy (non-hydrogen) atoms. The molecule has 1 aliphatic carbocycles. The maximum atomic E-state index is 10.4. The lowest BCUT2D eigenvalue weighted by Gasteiger charge is -2.26. The number of aliphatic carboxylic acids is 1. The summed E-state index contributed by atoms with van der Waals surface area (Å²) in [6.07, 6.45) is 8.05. The maximum absolute atomic E-state index is 10.4. The maximum Gasteiger partial charge on any atom is 0.328 e.